The van der Waals surface area contributed by atoms with Gasteiger partial charge in [0.2, 0.25) is 0 Å². The first-order valence-electron chi connectivity index (χ1n) is 6.54. The number of aromatic nitrogens is 2. The summed E-state index contributed by atoms with van der Waals surface area (Å²) in [4.78, 5) is 10.7. The Balaban J connectivity index is 2.44. The SMILES string of the molecule is CCc1cc(CC)n(Cc2c(Cl)cccc2[N+](=O)[O-])n1. The zero-order valence-electron chi connectivity index (χ0n) is 11.5. The highest BCUT2D eigenvalue weighted by Gasteiger charge is 2.18. The lowest BCUT2D eigenvalue weighted by Crippen LogP contribution is -2.08. The van der Waals surface area contributed by atoms with Crippen molar-refractivity contribution in [3.8, 4) is 0 Å². The summed E-state index contributed by atoms with van der Waals surface area (Å²) in [7, 11) is 0. The van der Waals surface area contributed by atoms with Gasteiger partial charge in [0.05, 0.1) is 27.7 Å². The molecule has 1 aromatic heterocycles. The van der Waals surface area contributed by atoms with E-state index < -0.39 is 4.92 Å². The zero-order valence-corrected chi connectivity index (χ0v) is 12.2. The van der Waals surface area contributed by atoms with Crippen LogP contribution in [0, 0.1) is 10.1 Å². The van der Waals surface area contributed by atoms with Crippen molar-refractivity contribution < 1.29 is 4.92 Å². The Morgan fingerprint density at radius 3 is 2.70 bits per heavy atom. The molecule has 106 valence electrons. The number of halogens is 1. The minimum absolute atomic E-state index is 0.0353. The summed E-state index contributed by atoms with van der Waals surface area (Å²) in [6, 6.07) is 6.75. The van der Waals surface area contributed by atoms with Gasteiger partial charge in [-0.15, -0.1) is 0 Å². The quantitative estimate of drug-likeness (QED) is 0.625. The summed E-state index contributed by atoms with van der Waals surface area (Å²) in [5.74, 6) is 0. The van der Waals surface area contributed by atoms with Crippen molar-refractivity contribution in [2.75, 3.05) is 0 Å². The van der Waals surface area contributed by atoms with Gasteiger partial charge in [-0.2, -0.15) is 5.10 Å². The highest BCUT2D eigenvalue weighted by atomic mass is 35.5. The van der Waals surface area contributed by atoms with Crippen molar-refractivity contribution in [2.45, 2.75) is 33.2 Å². The number of aryl methyl sites for hydroxylation is 2. The second-order valence-electron chi connectivity index (χ2n) is 4.49. The second-order valence-corrected chi connectivity index (χ2v) is 4.89. The number of nitro groups is 1. The molecule has 0 aliphatic carbocycles. The molecule has 2 rings (SSSR count). The second kappa shape index (κ2) is 6.05. The molecule has 0 atom stereocenters. The molecule has 0 bridgehead atoms. The molecule has 5 nitrogen and oxygen atoms in total. The highest BCUT2D eigenvalue weighted by molar-refractivity contribution is 6.31. The van der Waals surface area contributed by atoms with Crippen molar-refractivity contribution in [2.24, 2.45) is 0 Å². The fraction of sp³-hybridized carbons (Fsp3) is 0.357. The Morgan fingerprint density at radius 1 is 1.35 bits per heavy atom. The van der Waals surface area contributed by atoms with Crippen molar-refractivity contribution in [1.82, 2.24) is 9.78 Å². The fourth-order valence-corrected chi connectivity index (χ4v) is 2.36. The monoisotopic (exact) mass is 293 g/mol. The topological polar surface area (TPSA) is 61.0 Å². The maximum absolute atomic E-state index is 11.1. The summed E-state index contributed by atoms with van der Waals surface area (Å²) < 4.78 is 1.80. The number of nitro benzene ring substituents is 1. The molecule has 0 saturated carbocycles. The number of hydrogen-bond donors (Lipinski definition) is 0. The molecule has 0 saturated heterocycles. The van der Waals surface area contributed by atoms with Gasteiger partial charge in [0.15, 0.2) is 0 Å². The molecule has 0 unspecified atom stereocenters. The van der Waals surface area contributed by atoms with E-state index in [1.165, 1.54) is 6.07 Å². The van der Waals surface area contributed by atoms with E-state index in [9.17, 15) is 10.1 Å². The van der Waals surface area contributed by atoms with E-state index in [0.717, 1.165) is 24.2 Å². The van der Waals surface area contributed by atoms with Gasteiger partial charge in [0, 0.05) is 11.8 Å². The molecule has 2 aromatic rings. The van der Waals surface area contributed by atoms with E-state index >= 15 is 0 Å². The van der Waals surface area contributed by atoms with Crippen LogP contribution >= 0.6 is 11.6 Å². The summed E-state index contributed by atoms with van der Waals surface area (Å²) in [6.45, 7) is 4.39. The van der Waals surface area contributed by atoms with Gasteiger partial charge in [-0.1, -0.05) is 31.5 Å². The van der Waals surface area contributed by atoms with Gasteiger partial charge >= 0.3 is 0 Å². The van der Waals surface area contributed by atoms with Gasteiger partial charge in [-0.25, -0.2) is 0 Å². The Bertz CT molecular complexity index is 637. The molecule has 1 heterocycles. The molecular formula is C14H16ClN3O2. The van der Waals surface area contributed by atoms with Crippen LogP contribution in [0.3, 0.4) is 0 Å². The standard InChI is InChI=1S/C14H16ClN3O2/c1-3-10-8-11(4-2)17(16-10)9-12-13(15)6-5-7-14(12)18(19)20/h5-8H,3-4,9H2,1-2H3. The van der Waals surface area contributed by atoms with E-state index in [0.29, 0.717) is 17.1 Å². The Kier molecular flexibility index (Phi) is 4.39. The van der Waals surface area contributed by atoms with Crippen LogP contribution in [0.5, 0.6) is 0 Å². The Hall–Kier alpha value is -1.88. The number of benzene rings is 1. The van der Waals surface area contributed by atoms with Crippen LogP contribution in [0.4, 0.5) is 5.69 Å². The molecule has 1 aromatic carbocycles. The van der Waals surface area contributed by atoms with Gasteiger partial charge in [-0.05, 0) is 25.0 Å². The Labute approximate surface area is 122 Å². The van der Waals surface area contributed by atoms with Crippen LogP contribution in [-0.4, -0.2) is 14.7 Å². The molecule has 0 fully saturated rings. The van der Waals surface area contributed by atoms with Gasteiger partial charge in [-0.3, -0.25) is 14.8 Å². The van der Waals surface area contributed by atoms with Crippen LogP contribution in [-0.2, 0) is 19.4 Å². The fourth-order valence-electron chi connectivity index (χ4n) is 2.13. The van der Waals surface area contributed by atoms with E-state index in [1.807, 2.05) is 19.9 Å². The Morgan fingerprint density at radius 2 is 2.10 bits per heavy atom. The minimum Gasteiger partial charge on any atom is -0.265 e. The summed E-state index contributed by atoms with van der Waals surface area (Å²) >= 11 is 6.11. The maximum atomic E-state index is 11.1. The highest BCUT2D eigenvalue weighted by Crippen LogP contribution is 2.27. The molecule has 20 heavy (non-hydrogen) atoms. The third-order valence-electron chi connectivity index (χ3n) is 3.24. The summed E-state index contributed by atoms with van der Waals surface area (Å²) in [5, 5.41) is 16.0. The number of hydrogen-bond acceptors (Lipinski definition) is 3. The molecule has 0 amide bonds. The van der Waals surface area contributed by atoms with Gasteiger partial charge < -0.3 is 0 Å². The molecule has 0 N–H and O–H groups in total. The maximum Gasteiger partial charge on any atom is 0.275 e. The smallest absolute Gasteiger partial charge is 0.265 e. The summed E-state index contributed by atoms with van der Waals surface area (Å²) in [5.41, 5.74) is 2.57. The molecular weight excluding hydrogens is 278 g/mol. The summed E-state index contributed by atoms with van der Waals surface area (Å²) in [6.07, 6.45) is 1.66. The van der Waals surface area contributed by atoms with E-state index in [4.69, 9.17) is 11.6 Å². The van der Waals surface area contributed by atoms with Gasteiger partial charge in [0.25, 0.3) is 5.69 Å². The van der Waals surface area contributed by atoms with Crippen LogP contribution in [0.15, 0.2) is 24.3 Å². The normalized spacial score (nSPS) is 10.8. The van der Waals surface area contributed by atoms with Crippen LogP contribution < -0.4 is 0 Å². The lowest BCUT2D eigenvalue weighted by atomic mass is 10.1. The first-order valence-corrected chi connectivity index (χ1v) is 6.92. The van der Waals surface area contributed by atoms with Crippen LogP contribution in [0.1, 0.15) is 30.8 Å². The van der Waals surface area contributed by atoms with E-state index in [-0.39, 0.29) is 5.69 Å². The largest absolute Gasteiger partial charge is 0.275 e. The van der Waals surface area contributed by atoms with Crippen LogP contribution in [0.2, 0.25) is 5.02 Å². The predicted octanol–water partition coefficient (Wildman–Crippen LogP) is 3.62. The third-order valence-corrected chi connectivity index (χ3v) is 3.59. The van der Waals surface area contributed by atoms with Crippen molar-refractivity contribution in [3.05, 3.63) is 56.4 Å². The number of nitrogens with zero attached hydrogens (tertiary/aromatic N) is 3. The molecule has 6 heteroatoms. The average Bonchev–Trinajstić information content (AvgIpc) is 2.83. The van der Waals surface area contributed by atoms with Crippen molar-refractivity contribution in [1.29, 1.82) is 0 Å². The van der Waals surface area contributed by atoms with Crippen molar-refractivity contribution in [3.63, 3.8) is 0 Å². The molecule has 0 radical (unpaired) electrons. The minimum atomic E-state index is -0.406. The first-order chi connectivity index (χ1) is 9.56. The van der Waals surface area contributed by atoms with Crippen LogP contribution in [0.25, 0.3) is 0 Å². The first kappa shape index (κ1) is 14.5. The third kappa shape index (κ3) is 2.82. The lowest BCUT2D eigenvalue weighted by molar-refractivity contribution is -0.385. The molecule has 0 aliphatic rings. The predicted molar refractivity (Wildman–Crippen MR) is 78.2 cm³/mol. The van der Waals surface area contributed by atoms with E-state index in [1.54, 1.807) is 16.8 Å². The molecule has 0 spiro atoms. The molecule has 0 aliphatic heterocycles. The number of rotatable bonds is 5. The van der Waals surface area contributed by atoms with E-state index in [2.05, 4.69) is 5.10 Å². The lowest BCUT2D eigenvalue weighted by Gasteiger charge is -2.08. The zero-order chi connectivity index (χ0) is 14.7. The van der Waals surface area contributed by atoms with Crippen molar-refractivity contribution >= 4 is 17.3 Å². The average molecular weight is 294 g/mol. The van der Waals surface area contributed by atoms with Gasteiger partial charge in [0.1, 0.15) is 0 Å².